The van der Waals surface area contributed by atoms with Gasteiger partial charge >= 0.3 is 0 Å². The van der Waals surface area contributed by atoms with Gasteiger partial charge in [0, 0.05) is 24.5 Å². The maximum absolute atomic E-state index is 11.0. The quantitative estimate of drug-likeness (QED) is 0.788. The molecule has 3 N–H and O–H groups in total. The van der Waals surface area contributed by atoms with Crippen LogP contribution in [-0.2, 0) is 11.3 Å². The Bertz CT molecular complexity index is 383. The van der Waals surface area contributed by atoms with E-state index in [1.54, 1.807) is 7.05 Å². The second-order valence-corrected chi connectivity index (χ2v) is 4.44. The van der Waals surface area contributed by atoms with Crippen LogP contribution in [-0.4, -0.2) is 19.6 Å². The zero-order chi connectivity index (χ0) is 12.7. The third kappa shape index (κ3) is 4.75. The first-order chi connectivity index (χ1) is 8.17. The average Bonchev–Trinajstić information content (AvgIpc) is 2.36. The molecule has 4 nitrogen and oxygen atoms in total. The predicted octanol–water partition coefficient (Wildman–Crippen LogP) is 1.81. The van der Waals surface area contributed by atoms with Gasteiger partial charge in [0.25, 0.3) is 0 Å². The highest BCUT2D eigenvalue weighted by molar-refractivity contribution is 9.10. The van der Waals surface area contributed by atoms with Crippen molar-refractivity contribution < 1.29 is 9.53 Å². The molecule has 17 heavy (non-hydrogen) atoms. The van der Waals surface area contributed by atoms with Crippen molar-refractivity contribution in [3.8, 4) is 5.75 Å². The van der Waals surface area contributed by atoms with E-state index in [1.807, 2.05) is 18.2 Å². The molecule has 0 saturated heterocycles. The smallest absolute Gasteiger partial charge is 0.219 e. The van der Waals surface area contributed by atoms with E-state index in [-0.39, 0.29) is 5.91 Å². The van der Waals surface area contributed by atoms with E-state index in [1.165, 1.54) is 0 Å². The van der Waals surface area contributed by atoms with Crippen LogP contribution in [0.15, 0.2) is 22.7 Å². The van der Waals surface area contributed by atoms with Crippen LogP contribution in [0.3, 0.4) is 0 Å². The standard InChI is InChI=1S/C12H17BrN2O2/c1-15-12(16)3-2-6-17-10-4-5-11(13)9(7-10)8-14/h4-5,7H,2-3,6,8,14H2,1H3,(H,15,16). The minimum absolute atomic E-state index is 0.0343. The van der Waals surface area contributed by atoms with Crippen molar-refractivity contribution >= 4 is 21.8 Å². The van der Waals surface area contributed by atoms with Gasteiger partial charge in [0.2, 0.25) is 5.91 Å². The number of nitrogens with two attached hydrogens (primary N) is 1. The molecular weight excluding hydrogens is 284 g/mol. The number of carbonyl (C=O) groups is 1. The Morgan fingerprint density at radius 1 is 1.53 bits per heavy atom. The Labute approximate surface area is 110 Å². The Morgan fingerprint density at radius 2 is 2.29 bits per heavy atom. The van der Waals surface area contributed by atoms with Gasteiger partial charge in [-0.1, -0.05) is 15.9 Å². The second-order valence-electron chi connectivity index (χ2n) is 3.58. The molecular formula is C12H17BrN2O2. The topological polar surface area (TPSA) is 64.3 Å². The molecule has 5 heteroatoms. The maximum Gasteiger partial charge on any atom is 0.219 e. The van der Waals surface area contributed by atoms with Gasteiger partial charge in [-0.3, -0.25) is 4.79 Å². The number of hydrogen-bond donors (Lipinski definition) is 2. The number of ether oxygens (including phenoxy) is 1. The van der Waals surface area contributed by atoms with Crippen LogP contribution < -0.4 is 15.8 Å². The molecule has 0 aromatic heterocycles. The van der Waals surface area contributed by atoms with E-state index in [4.69, 9.17) is 10.5 Å². The second kappa shape index (κ2) is 7.29. The van der Waals surface area contributed by atoms with Crippen molar-refractivity contribution in [2.24, 2.45) is 5.73 Å². The molecule has 0 bridgehead atoms. The van der Waals surface area contributed by atoms with Gasteiger partial charge in [0.05, 0.1) is 6.61 Å². The summed E-state index contributed by atoms with van der Waals surface area (Å²) in [5.74, 6) is 0.817. The molecule has 1 rings (SSSR count). The Morgan fingerprint density at radius 3 is 2.94 bits per heavy atom. The van der Waals surface area contributed by atoms with Gasteiger partial charge in [-0.25, -0.2) is 0 Å². The third-order valence-electron chi connectivity index (χ3n) is 2.33. The van der Waals surface area contributed by atoms with Gasteiger partial charge in [-0.15, -0.1) is 0 Å². The first-order valence-corrected chi connectivity index (χ1v) is 6.28. The van der Waals surface area contributed by atoms with Crippen molar-refractivity contribution in [1.29, 1.82) is 0 Å². The molecule has 1 amide bonds. The molecule has 0 heterocycles. The number of nitrogens with one attached hydrogen (secondary N) is 1. The lowest BCUT2D eigenvalue weighted by Gasteiger charge is -2.08. The molecule has 0 spiro atoms. The molecule has 0 fully saturated rings. The lowest BCUT2D eigenvalue weighted by Crippen LogP contribution is -2.18. The largest absolute Gasteiger partial charge is 0.494 e. The molecule has 0 saturated carbocycles. The van der Waals surface area contributed by atoms with Crippen LogP contribution in [0, 0.1) is 0 Å². The van der Waals surface area contributed by atoms with Crippen LogP contribution in [0.5, 0.6) is 5.75 Å². The van der Waals surface area contributed by atoms with Gasteiger partial charge in [-0.05, 0) is 30.2 Å². The van der Waals surface area contributed by atoms with Gasteiger partial charge in [0.15, 0.2) is 0 Å². The Hall–Kier alpha value is -1.07. The lowest BCUT2D eigenvalue weighted by atomic mass is 10.2. The van der Waals surface area contributed by atoms with Crippen LogP contribution in [0.4, 0.5) is 0 Å². The fourth-order valence-electron chi connectivity index (χ4n) is 1.35. The summed E-state index contributed by atoms with van der Waals surface area (Å²) in [4.78, 5) is 11.0. The Kier molecular flexibility index (Phi) is 6.00. The SMILES string of the molecule is CNC(=O)CCCOc1ccc(Br)c(CN)c1. The summed E-state index contributed by atoms with van der Waals surface area (Å²) in [6, 6.07) is 5.70. The molecule has 1 aromatic carbocycles. The summed E-state index contributed by atoms with van der Waals surface area (Å²) in [5, 5.41) is 2.57. The summed E-state index contributed by atoms with van der Waals surface area (Å²) in [7, 11) is 1.63. The monoisotopic (exact) mass is 300 g/mol. The highest BCUT2D eigenvalue weighted by atomic mass is 79.9. The van der Waals surface area contributed by atoms with Crippen molar-refractivity contribution in [2.45, 2.75) is 19.4 Å². The van der Waals surface area contributed by atoms with E-state index in [0.29, 0.717) is 26.0 Å². The summed E-state index contributed by atoms with van der Waals surface area (Å²) in [6.07, 6.45) is 1.18. The van der Waals surface area contributed by atoms with E-state index in [2.05, 4.69) is 21.2 Å². The van der Waals surface area contributed by atoms with E-state index in [9.17, 15) is 4.79 Å². The molecule has 0 aliphatic rings. The molecule has 0 atom stereocenters. The van der Waals surface area contributed by atoms with Gasteiger partial charge < -0.3 is 15.8 Å². The fourth-order valence-corrected chi connectivity index (χ4v) is 1.75. The van der Waals surface area contributed by atoms with Crippen molar-refractivity contribution in [1.82, 2.24) is 5.32 Å². The van der Waals surface area contributed by atoms with Crippen LogP contribution in [0.2, 0.25) is 0 Å². The van der Waals surface area contributed by atoms with Crippen molar-refractivity contribution in [3.05, 3.63) is 28.2 Å². The predicted molar refractivity (Wildman–Crippen MR) is 70.8 cm³/mol. The number of amides is 1. The number of benzene rings is 1. The molecule has 94 valence electrons. The van der Waals surface area contributed by atoms with E-state index >= 15 is 0 Å². The van der Waals surface area contributed by atoms with E-state index < -0.39 is 0 Å². The highest BCUT2D eigenvalue weighted by Gasteiger charge is 2.02. The van der Waals surface area contributed by atoms with Crippen LogP contribution in [0.25, 0.3) is 0 Å². The summed E-state index contributed by atoms with van der Waals surface area (Å²) in [5.41, 5.74) is 6.60. The number of hydrogen-bond acceptors (Lipinski definition) is 3. The molecule has 0 aliphatic carbocycles. The molecule has 0 radical (unpaired) electrons. The zero-order valence-corrected chi connectivity index (χ0v) is 11.4. The van der Waals surface area contributed by atoms with Crippen LogP contribution >= 0.6 is 15.9 Å². The third-order valence-corrected chi connectivity index (χ3v) is 3.11. The number of halogens is 1. The van der Waals surface area contributed by atoms with Crippen LogP contribution in [0.1, 0.15) is 18.4 Å². The van der Waals surface area contributed by atoms with Gasteiger partial charge in [-0.2, -0.15) is 0 Å². The first-order valence-electron chi connectivity index (χ1n) is 5.49. The summed E-state index contributed by atoms with van der Waals surface area (Å²) in [6.45, 7) is 0.995. The summed E-state index contributed by atoms with van der Waals surface area (Å²) < 4.78 is 6.53. The molecule has 0 aliphatic heterocycles. The lowest BCUT2D eigenvalue weighted by molar-refractivity contribution is -0.120. The first kappa shape index (κ1) is 14.0. The fraction of sp³-hybridized carbons (Fsp3) is 0.417. The maximum atomic E-state index is 11.0. The Balaban J connectivity index is 2.39. The minimum atomic E-state index is 0.0343. The minimum Gasteiger partial charge on any atom is -0.494 e. The average molecular weight is 301 g/mol. The van der Waals surface area contributed by atoms with Crippen molar-refractivity contribution in [3.63, 3.8) is 0 Å². The van der Waals surface area contributed by atoms with Crippen molar-refractivity contribution in [2.75, 3.05) is 13.7 Å². The zero-order valence-electron chi connectivity index (χ0n) is 9.83. The normalized spacial score (nSPS) is 10.1. The highest BCUT2D eigenvalue weighted by Crippen LogP contribution is 2.22. The number of rotatable bonds is 6. The van der Waals surface area contributed by atoms with Gasteiger partial charge in [0.1, 0.15) is 5.75 Å². The summed E-state index contributed by atoms with van der Waals surface area (Å²) >= 11 is 3.41. The molecule has 0 unspecified atom stereocenters. The molecule has 1 aromatic rings. The van der Waals surface area contributed by atoms with E-state index in [0.717, 1.165) is 15.8 Å². The number of carbonyl (C=O) groups excluding carboxylic acids is 1.